The van der Waals surface area contributed by atoms with E-state index in [1.54, 1.807) is 32.7 Å². The molecular formula is C28H30ClF2N7O3. The first-order chi connectivity index (χ1) is 19.8. The van der Waals surface area contributed by atoms with Gasteiger partial charge in [0.05, 0.1) is 12.1 Å². The minimum Gasteiger partial charge on any atom is -0.420 e. The average molecular weight is 586 g/mol. The van der Waals surface area contributed by atoms with E-state index in [9.17, 15) is 18.4 Å². The summed E-state index contributed by atoms with van der Waals surface area (Å²) in [5.74, 6) is 0.573. The highest BCUT2D eigenvalue weighted by Crippen LogP contribution is 2.33. The van der Waals surface area contributed by atoms with Crippen molar-refractivity contribution in [2.45, 2.75) is 50.5 Å². The van der Waals surface area contributed by atoms with Crippen LogP contribution in [0.3, 0.4) is 0 Å². The molecule has 10 nitrogen and oxygen atoms in total. The number of halogens is 3. The van der Waals surface area contributed by atoms with Crippen molar-refractivity contribution < 1.29 is 18.0 Å². The van der Waals surface area contributed by atoms with Gasteiger partial charge in [-0.3, -0.25) is 19.2 Å². The fraction of sp³-hybridized carbons (Fsp3) is 0.464. The molecular weight excluding hydrogens is 556 g/mol. The number of nitrogens with zero attached hydrogens (tertiary/aromatic N) is 6. The third-order valence-corrected chi connectivity index (χ3v) is 8.28. The molecule has 2 fully saturated rings. The molecule has 0 unspecified atom stereocenters. The number of amides is 1. The molecule has 0 aliphatic carbocycles. The van der Waals surface area contributed by atoms with Crippen LogP contribution in [0, 0.1) is 0 Å². The molecule has 0 radical (unpaired) electrons. The number of H-pyrrole nitrogens is 1. The average Bonchev–Trinajstić information content (AvgIpc) is 3.56. The Bertz CT molecular complexity index is 1590. The molecule has 2 aliphatic rings. The van der Waals surface area contributed by atoms with Gasteiger partial charge >= 0.3 is 5.69 Å². The third-order valence-electron chi connectivity index (χ3n) is 8.06. The lowest BCUT2D eigenvalue weighted by Crippen LogP contribution is -2.41. The van der Waals surface area contributed by atoms with Crippen molar-refractivity contribution in [3.8, 4) is 11.5 Å². The predicted molar refractivity (Wildman–Crippen MR) is 148 cm³/mol. The number of rotatable bonds is 7. The van der Waals surface area contributed by atoms with Gasteiger partial charge in [0, 0.05) is 35.9 Å². The van der Waals surface area contributed by atoms with Crippen molar-refractivity contribution in [3.05, 3.63) is 63.5 Å². The number of pyridine rings is 1. The van der Waals surface area contributed by atoms with Crippen LogP contribution in [-0.4, -0.2) is 79.6 Å². The zero-order valence-corrected chi connectivity index (χ0v) is 23.1. The first-order valence-corrected chi connectivity index (χ1v) is 14.2. The van der Waals surface area contributed by atoms with Gasteiger partial charge in [0.15, 0.2) is 5.65 Å². The molecule has 1 aromatic carbocycles. The molecule has 0 spiro atoms. The Labute approximate surface area is 239 Å². The van der Waals surface area contributed by atoms with Crippen molar-refractivity contribution in [2.24, 2.45) is 0 Å². The molecule has 216 valence electrons. The van der Waals surface area contributed by atoms with Gasteiger partial charge in [0.1, 0.15) is 6.42 Å². The van der Waals surface area contributed by atoms with Crippen LogP contribution in [-0.2, 0) is 11.2 Å². The first-order valence-electron chi connectivity index (χ1n) is 13.8. The molecule has 13 heteroatoms. The van der Waals surface area contributed by atoms with Crippen LogP contribution in [0.5, 0.6) is 0 Å². The van der Waals surface area contributed by atoms with E-state index in [2.05, 4.69) is 20.2 Å². The molecule has 2 aliphatic heterocycles. The quantitative estimate of drug-likeness (QED) is 0.344. The van der Waals surface area contributed by atoms with Crippen molar-refractivity contribution in [1.82, 2.24) is 34.5 Å². The molecule has 6 rings (SSSR count). The van der Waals surface area contributed by atoms with E-state index in [1.165, 1.54) is 0 Å². The highest BCUT2D eigenvalue weighted by atomic mass is 35.5. The van der Waals surface area contributed by atoms with Crippen molar-refractivity contribution in [3.63, 3.8) is 0 Å². The molecule has 0 saturated carbocycles. The van der Waals surface area contributed by atoms with Crippen LogP contribution >= 0.6 is 11.6 Å². The molecule has 3 aromatic heterocycles. The fourth-order valence-electron chi connectivity index (χ4n) is 5.99. The van der Waals surface area contributed by atoms with E-state index in [1.807, 2.05) is 18.2 Å². The van der Waals surface area contributed by atoms with Crippen LogP contribution in [0.2, 0.25) is 5.02 Å². The Morgan fingerprint density at radius 1 is 1.10 bits per heavy atom. The molecule has 5 heterocycles. The number of aromatic amines is 1. The van der Waals surface area contributed by atoms with Gasteiger partial charge in [-0.1, -0.05) is 11.6 Å². The zero-order chi connectivity index (χ0) is 28.5. The van der Waals surface area contributed by atoms with Crippen molar-refractivity contribution >= 4 is 28.7 Å². The number of benzene rings is 1. The molecule has 4 aromatic rings. The van der Waals surface area contributed by atoms with Gasteiger partial charge in [0.25, 0.3) is 6.43 Å². The van der Waals surface area contributed by atoms with Crippen LogP contribution in [0.15, 0.2) is 45.7 Å². The highest BCUT2D eigenvalue weighted by molar-refractivity contribution is 6.30. The van der Waals surface area contributed by atoms with Crippen LogP contribution < -0.4 is 5.69 Å². The van der Waals surface area contributed by atoms with E-state index >= 15 is 0 Å². The molecule has 1 amide bonds. The minimum absolute atomic E-state index is 0.0203. The van der Waals surface area contributed by atoms with E-state index in [0.29, 0.717) is 55.3 Å². The largest absolute Gasteiger partial charge is 0.420 e. The number of hydrogen-bond donors (Lipinski definition) is 1. The number of alkyl halides is 2. The van der Waals surface area contributed by atoms with Gasteiger partial charge in [-0.15, -0.1) is 10.2 Å². The van der Waals surface area contributed by atoms with E-state index in [4.69, 9.17) is 16.0 Å². The number of carbonyl (C=O) groups is 1. The molecule has 0 bridgehead atoms. The summed E-state index contributed by atoms with van der Waals surface area (Å²) in [6.07, 6.45) is 2.11. The van der Waals surface area contributed by atoms with E-state index < -0.39 is 6.43 Å². The Balaban J connectivity index is 1.07. The van der Waals surface area contributed by atoms with Crippen LogP contribution in [0.25, 0.3) is 22.6 Å². The van der Waals surface area contributed by atoms with Gasteiger partial charge in [0.2, 0.25) is 17.7 Å². The normalized spacial score (nSPS) is 17.6. The predicted octanol–water partition coefficient (Wildman–Crippen LogP) is 4.28. The molecule has 41 heavy (non-hydrogen) atoms. The lowest BCUT2D eigenvalue weighted by Gasteiger charge is -2.32. The maximum atomic E-state index is 13.0. The second kappa shape index (κ2) is 11.7. The van der Waals surface area contributed by atoms with Gasteiger partial charge in [-0.25, -0.2) is 18.6 Å². The Morgan fingerprint density at radius 3 is 2.63 bits per heavy atom. The number of fused-ring (bicyclic) bond motifs is 1. The maximum Gasteiger partial charge on any atom is 0.327 e. The topological polar surface area (TPSA) is 113 Å². The fourth-order valence-corrected chi connectivity index (χ4v) is 6.24. The number of nitrogens with one attached hydrogen (secondary N) is 1. The van der Waals surface area contributed by atoms with Crippen molar-refractivity contribution in [2.75, 3.05) is 32.7 Å². The summed E-state index contributed by atoms with van der Waals surface area (Å²) in [6.45, 7) is 2.04. The molecule has 1 N–H and O–H groups in total. The number of imidazole rings is 1. The number of aromatic nitrogens is 5. The van der Waals surface area contributed by atoms with Crippen LogP contribution in [0.1, 0.15) is 49.1 Å². The second-order valence-corrected chi connectivity index (χ2v) is 11.1. The SMILES string of the molecule is O=C(Cc1nnc(-c2cc(Cl)cc(C3CCN(CC(F)F)CC3)c2)o1)N1CCC(n2c(=O)[nH]c3ncccc32)CC1. The second-order valence-electron chi connectivity index (χ2n) is 10.7. The molecule has 0 atom stereocenters. The number of likely N-dealkylation sites (tertiary alicyclic amines) is 2. The Kier molecular flexibility index (Phi) is 7.85. The Morgan fingerprint density at radius 2 is 1.88 bits per heavy atom. The lowest BCUT2D eigenvalue weighted by atomic mass is 9.88. The number of hydrogen-bond acceptors (Lipinski definition) is 7. The molecule has 2 saturated heterocycles. The number of piperidine rings is 2. The summed E-state index contributed by atoms with van der Waals surface area (Å²) in [5.41, 5.74) is 2.80. The summed E-state index contributed by atoms with van der Waals surface area (Å²) in [5, 5.41) is 8.78. The maximum absolute atomic E-state index is 13.0. The number of carbonyl (C=O) groups excluding carboxylic acids is 1. The Hall–Kier alpha value is -3.64. The van der Waals surface area contributed by atoms with Gasteiger partial charge in [-0.2, -0.15) is 0 Å². The summed E-state index contributed by atoms with van der Waals surface area (Å²) >= 11 is 6.41. The van der Waals surface area contributed by atoms with E-state index in [0.717, 1.165) is 23.9 Å². The van der Waals surface area contributed by atoms with Crippen LogP contribution in [0.4, 0.5) is 8.78 Å². The lowest BCUT2D eigenvalue weighted by molar-refractivity contribution is -0.132. The monoisotopic (exact) mass is 585 g/mol. The van der Waals surface area contributed by atoms with E-state index in [-0.39, 0.29) is 48.3 Å². The smallest absolute Gasteiger partial charge is 0.327 e. The minimum atomic E-state index is -2.33. The summed E-state index contributed by atoms with van der Waals surface area (Å²) in [6, 6.07) is 9.23. The highest BCUT2D eigenvalue weighted by Gasteiger charge is 2.28. The van der Waals surface area contributed by atoms with Gasteiger partial charge in [-0.05, 0) is 80.6 Å². The summed E-state index contributed by atoms with van der Waals surface area (Å²) in [7, 11) is 0. The summed E-state index contributed by atoms with van der Waals surface area (Å²) < 4.78 is 33.0. The summed E-state index contributed by atoms with van der Waals surface area (Å²) in [4.78, 5) is 36.1. The van der Waals surface area contributed by atoms with Gasteiger partial charge < -0.3 is 9.32 Å². The van der Waals surface area contributed by atoms with Crippen molar-refractivity contribution in [1.29, 1.82) is 0 Å². The zero-order valence-electron chi connectivity index (χ0n) is 22.3. The third kappa shape index (κ3) is 6.03. The standard InChI is InChI=1S/C28H30ClF2N7O3/c29-20-13-18(17-3-8-36(9-4-17)16-23(30)31)12-19(14-20)27-35-34-24(41-27)15-25(39)37-10-5-21(6-11-37)38-22-2-1-7-32-26(22)33-28(38)40/h1-2,7,12-14,17,21,23H,3-6,8-11,15-16H2,(H,32,33,40). The first kappa shape index (κ1) is 27.5.